The summed E-state index contributed by atoms with van der Waals surface area (Å²) < 4.78 is 42.0. The van der Waals surface area contributed by atoms with Gasteiger partial charge in [0.15, 0.2) is 6.61 Å². The lowest BCUT2D eigenvalue weighted by molar-refractivity contribution is -0.153. The van der Waals surface area contributed by atoms with Gasteiger partial charge in [-0.2, -0.15) is 13.2 Å². The van der Waals surface area contributed by atoms with Crippen molar-refractivity contribution in [2.45, 2.75) is 45.2 Å². The highest BCUT2D eigenvalue weighted by atomic mass is 19.4. The SMILES string of the molecule is CC(C)c1ccc2c(c1)C(C)(C)c1ccc(OCC(F)(F)F)cc1N2. The summed E-state index contributed by atoms with van der Waals surface area (Å²) in [6, 6.07) is 11.4. The molecular weight excluding hydrogens is 327 g/mol. The second-order valence-corrected chi connectivity index (χ2v) is 7.32. The van der Waals surface area contributed by atoms with Crippen LogP contribution in [-0.2, 0) is 5.41 Å². The molecule has 5 heteroatoms. The monoisotopic (exact) mass is 349 g/mol. The average molecular weight is 349 g/mol. The summed E-state index contributed by atoms with van der Waals surface area (Å²) in [6.45, 7) is 7.29. The molecule has 0 bridgehead atoms. The minimum atomic E-state index is -4.34. The molecule has 0 unspecified atom stereocenters. The molecule has 2 aromatic carbocycles. The fourth-order valence-corrected chi connectivity index (χ4v) is 3.26. The molecule has 134 valence electrons. The van der Waals surface area contributed by atoms with Crippen molar-refractivity contribution in [1.82, 2.24) is 0 Å². The van der Waals surface area contributed by atoms with Crippen LogP contribution in [0.15, 0.2) is 36.4 Å². The first-order valence-electron chi connectivity index (χ1n) is 8.33. The van der Waals surface area contributed by atoms with Crippen molar-refractivity contribution in [1.29, 1.82) is 0 Å². The van der Waals surface area contributed by atoms with Crippen LogP contribution in [0.1, 0.15) is 50.3 Å². The molecule has 1 aliphatic heterocycles. The molecule has 2 aromatic rings. The van der Waals surface area contributed by atoms with Crippen LogP contribution < -0.4 is 10.1 Å². The summed E-state index contributed by atoms with van der Waals surface area (Å²) in [4.78, 5) is 0. The van der Waals surface area contributed by atoms with E-state index in [1.807, 2.05) is 12.1 Å². The zero-order valence-corrected chi connectivity index (χ0v) is 14.8. The standard InChI is InChI=1S/C20H22F3NO/c1-12(2)13-5-8-17-16(9-13)19(3,4)15-7-6-14(10-18(15)24-17)25-11-20(21,22)23/h5-10,12,24H,11H2,1-4H3. The molecule has 0 saturated heterocycles. The van der Waals surface area contributed by atoms with E-state index in [1.54, 1.807) is 12.1 Å². The summed E-state index contributed by atoms with van der Waals surface area (Å²) in [6.07, 6.45) is -4.34. The van der Waals surface area contributed by atoms with Gasteiger partial charge < -0.3 is 10.1 Å². The maximum atomic E-state index is 12.4. The van der Waals surface area contributed by atoms with E-state index in [0.29, 0.717) is 5.92 Å². The normalized spacial score (nSPS) is 15.4. The predicted molar refractivity (Wildman–Crippen MR) is 93.9 cm³/mol. The van der Waals surface area contributed by atoms with Gasteiger partial charge in [-0.15, -0.1) is 0 Å². The topological polar surface area (TPSA) is 21.3 Å². The molecule has 0 atom stereocenters. The second kappa shape index (κ2) is 5.97. The molecule has 0 radical (unpaired) electrons. The zero-order valence-electron chi connectivity index (χ0n) is 14.8. The van der Waals surface area contributed by atoms with Gasteiger partial charge in [0.05, 0.1) is 0 Å². The number of hydrogen-bond acceptors (Lipinski definition) is 2. The highest BCUT2D eigenvalue weighted by Gasteiger charge is 2.33. The number of halogens is 3. The summed E-state index contributed by atoms with van der Waals surface area (Å²) in [7, 11) is 0. The number of fused-ring (bicyclic) bond motifs is 2. The fraction of sp³-hybridized carbons (Fsp3) is 0.400. The zero-order chi connectivity index (χ0) is 18.4. The van der Waals surface area contributed by atoms with Crippen molar-refractivity contribution in [3.8, 4) is 5.75 Å². The molecular formula is C20H22F3NO. The number of ether oxygens (including phenoxy) is 1. The predicted octanol–water partition coefficient (Wildman–Crippen LogP) is 6.13. The Balaban J connectivity index is 1.97. The quantitative estimate of drug-likeness (QED) is 0.719. The van der Waals surface area contributed by atoms with Crippen LogP contribution in [0.2, 0.25) is 0 Å². The van der Waals surface area contributed by atoms with Crippen molar-refractivity contribution >= 4 is 11.4 Å². The Hall–Kier alpha value is -2.17. The highest BCUT2D eigenvalue weighted by Crippen LogP contribution is 2.47. The van der Waals surface area contributed by atoms with Crippen molar-refractivity contribution in [2.75, 3.05) is 11.9 Å². The summed E-state index contributed by atoms with van der Waals surface area (Å²) in [5.74, 6) is 0.641. The van der Waals surface area contributed by atoms with Gasteiger partial charge in [0.1, 0.15) is 5.75 Å². The van der Waals surface area contributed by atoms with E-state index < -0.39 is 12.8 Å². The van der Waals surface area contributed by atoms with Crippen molar-refractivity contribution in [3.63, 3.8) is 0 Å². The maximum Gasteiger partial charge on any atom is 0.422 e. The van der Waals surface area contributed by atoms with Gasteiger partial charge in [0.2, 0.25) is 0 Å². The molecule has 1 heterocycles. The van der Waals surface area contributed by atoms with Crippen LogP contribution in [0.25, 0.3) is 0 Å². The first kappa shape index (κ1) is 17.6. The first-order chi connectivity index (χ1) is 11.6. The van der Waals surface area contributed by atoms with Crippen LogP contribution >= 0.6 is 0 Å². The maximum absolute atomic E-state index is 12.4. The largest absolute Gasteiger partial charge is 0.484 e. The Labute approximate surface area is 146 Å². The van der Waals surface area contributed by atoms with E-state index in [9.17, 15) is 13.2 Å². The average Bonchev–Trinajstić information content (AvgIpc) is 2.51. The van der Waals surface area contributed by atoms with Crippen molar-refractivity contribution in [3.05, 3.63) is 53.1 Å². The van der Waals surface area contributed by atoms with Gasteiger partial charge in [0.25, 0.3) is 0 Å². The molecule has 0 fully saturated rings. The molecule has 0 saturated carbocycles. The first-order valence-corrected chi connectivity index (χ1v) is 8.33. The number of rotatable bonds is 3. The molecule has 0 spiro atoms. The molecule has 2 nitrogen and oxygen atoms in total. The minimum Gasteiger partial charge on any atom is -0.484 e. The van der Waals surface area contributed by atoms with Crippen LogP contribution in [0.3, 0.4) is 0 Å². The smallest absolute Gasteiger partial charge is 0.422 e. The van der Waals surface area contributed by atoms with E-state index in [2.05, 4.69) is 45.1 Å². The third-order valence-corrected chi connectivity index (χ3v) is 4.72. The highest BCUT2D eigenvalue weighted by molar-refractivity contribution is 5.76. The Morgan fingerprint density at radius 1 is 1.00 bits per heavy atom. The number of hydrogen-bond donors (Lipinski definition) is 1. The van der Waals surface area contributed by atoms with Crippen LogP contribution in [-0.4, -0.2) is 12.8 Å². The number of benzene rings is 2. The number of nitrogens with one attached hydrogen (secondary N) is 1. The van der Waals surface area contributed by atoms with Crippen LogP contribution in [0.4, 0.5) is 24.5 Å². The molecule has 1 aliphatic rings. The Morgan fingerprint density at radius 3 is 2.36 bits per heavy atom. The van der Waals surface area contributed by atoms with E-state index >= 15 is 0 Å². The third-order valence-electron chi connectivity index (χ3n) is 4.72. The second-order valence-electron chi connectivity index (χ2n) is 7.32. The van der Waals surface area contributed by atoms with E-state index in [0.717, 1.165) is 16.9 Å². The molecule has 3 rings (SSSR count). The molecule has 25 heavy (non-hydrogen) atoms. The lowest BCUT2D eigenvalue weighted by atomic mass is 9.73. The number of anilines is 2. The van der Waals surface area contributed by atoms with Gasteiger partial charge >= 0.3 is 6.18 Å². The van der Waals surface area contributed by atoms with Crippen LogP contribution in [0.5, 0.6) is 5.75 Å². The van der Waals surface area contributed by atoms with E-state index in [1.165, 1.54) is 11.1 Å². The molecule has 0 aromatic heterocycles. The Bertz CT molecular complexity index is 794. The lowest BCUT2D eigenvalue weighted by Crippen LogP contribution is -2.26. The number of alkyl halides is 3. The van der Waals surface area contributed by atoms with Gasteiger partial charge in [-0.05, 0) is 34.7 Å². The Kier molecular flexibility index (Phi) is 4.21. The Morgan fingerprint density at radius 2 is 1.72 bits per heavy atom. The van der Waals surface area contributed by atoms with Crippen molar-refractivity contribution < 1.29 is 17.9 Å². The molecule has 0 aliphatic carbocycles. The summed E-state index contributed by atoms with van der Waals surface area (Å²) >= 11 is 0. The summed E-state index contributed by atoms with van der Waals surface area (Å²) in [5.41, 5.74) is 5.02. The lowest BCUT2D eigenvalue weighted by Gasteiger charge is -2.36. The third kappa shape index (κ3) is 3.46. The molecule has 0 amide bonds. The summed E-state index contributed by atoms with van der Waals surface area (Å²) in [5, 5.41) is 3.34. The van der Waals surface area contributed by atoms with Gasteiger partial charge in [0, 0.05) is 22.9 Å². The van der Waals surface area contributed by atoms with E-state index in [-0.39, 0.29) is 11.2 Å². The van der Waals surface area contributed by atoms with Gasteiger partial charge in [-0.3, -0.25) is 0 Å². The minimum absolute atomic E-state index is 0.210. The fourth-order valence-electron chi connectivity index (χ4n) is 3.26. The van der Waals surface area contributed by atoms with Gasteiger partial charge in [-0.25, -0.2) is 0 Å². The van der Waals surface area contributed by atoms with Crippen molar-refractivity contribution in [2.24, 2.45) is 0 Å². The van der Waals surface area contributed by atoms with Crippen LogP contribution in [0, 0.1) is 0 Å². The molecule has 1 N–H and O–H groups in total. The van der Waals surface area contributed by atoms with E-state index in [4.69, 9.17) is 4.74 Å². The van der Waals surface area contributed by atoms with Gasteiger partial charge in [-0.1, -0.05) is 45.9 Å².